The fourth-order valence-corrected chi connectivity index (χ4v) is 2.78. The summed E-state index contributed by atoms with van der Waals surface area (Å²) in [7, 11) is 0. The van der Waals surface area contributed by atoms with Crippen molar-refractivity contribution in [2.75, 3.05) is 4.90 Å². The molecule has 2 heterocycles. The molecule has 0 radical (unpaired) electrons. The number of nitrogens with two attached hydrogens (primary N) is 1. The zero-order valence-corrected chi connectivity index (χ0v) is 10.9. The van der Waals surface area contributed by atoms with E-state index >= 15 is 0 Å². The number of hydrogen-bond acceptors (Lipinski definition) is 5. The Bertz CT molecular complexity index is 507. The van der Waals surface area contributed by atoms with Gasteiger partial charge in [-0.15, -0.1) is 11.3 Å². The molecule has 2 aromatic heterocycles. The molecule has 1 aliphatic rings. The largest absolute Gasteiger partial charge is 0.347 e. The lowest BCUT2D eigenvalue weighted by atomic mass is 10.3. The molecule has 0 amide bonds. The molecule has 0 spiro atoms. The van der Waals surface area contributed by atoms with Crippen molar-refractivity contribution in [1.82, 2.24) is 9.97 Å². The SMILES string of the molecule is NCc1nccnc1N(Cc1cccs1)C1CC1. The first-order chi connectivity index (χ1) is 8.88. The standard InChI is InChI=1S/C13H16N4S/c14-8-12-13(16-6-5-15-12)17(10-3-4-10)9-11-2-1-7-18-11/h1-2,5-7,10H,3-4,8-9,14H2. The second kappa shape index (κ2) is 5.04. The number of nitrogens with zero attached hydrogens (tertiary/aromatic N) is 3. The van der Waals surface area contributed by atoms with Crippen molar-refractivity contribution in [1.29, 1.82) is 0 Å². The third kappa shape index (κ3) is 2.37. The van der Waals surface area contributed by atoms with Crippen LogP contribution in [-0.4, -0.2) is 16.0 Å². The molecule has 5 heteroatoms. The van der Waals surface area contributed by atoms with Gasteiger partial charge in [-0.1, -0.05) is 6.07 Å². The van der Waals surface area contributed by atoms with Crippen LogP contribution in [0.3, 0.4) is 0 Å². The van der Waals surface area contributed by atoms with E-state index in [9.17, 15) is 0 Å². The molecule has 1 fully saturated rings. The summed E-state index contributed by atoms with van der Waals surface area (Å²) in [5.41, 5.74) is 6.65. The van der Waals surface area contributed by atoms with Crippen LogP contribution in [0.25, 0.3) is 0 Å². The molecule has 0 atom stereocenters. The van der Waals surface area contributed by atoms with E-state index in [1.54, 1.807) is 23.7 Å². The summed E-state index contributed by atoms with van der Waals surface area (Å²) in [5, 5.41) is 2.11. The second-order valence-corrected chi connectivity index (χ2v) is 5.50. The zero-order chi connectivity index (χ0) is 12.4. The molecule has 0 aliphatic heterocycles. The molecule has 1 aliphatic carbocycles. The van der Waals surface area contributed by atoms with Gasteiger partial charge < -0.3 is 10.6 Å². The van der Waals surface area contributed by atoms with Gasteiger partial charge in [-0.05, 0) is 24.3 Å². The number of hydrogen-bond donors (Lipinski definition) is 1. The first-order valence-corrected chi connectivity index (χ1v) is 7.05. The molecular weight excluding hydrogens is 244 g/mol. The summed E-state index contributed by atoms with van der Waals surface area (Å²) < 4.78 is 0. The van der Waals surface area contributed by atoms with E-state index < -0.39 is 0 Å². The van der Waals surface area contributed by atoms with Crippen LogP contribution in [0.15, 0.2) is 29.9 Å². The van der Waals surface area contributed by atoms with Gasteiger partial charge in [0.2, 0.25) is 0 Å². The highest BCUT2D eigenvalue weighted by molar-refractivity contribution is 7.09. The Morgan fingerprint density at radius 1 is 1.33 bits per heavy atom. The maximum atomic E-state index is 5.76. The molecule has 4 nitrogen and oxygen atoms in total. The van der Waals surface area contributed by atoms with Crippen molar-refractivity contribution in [3.05, 3.63) is 40.5 Å². The third-order valence-electron chi connectivity index (χ3n) is 3.11. The predicted octanol–water partition coefficient (Wildman–Crippen LogP) is 2.17. The molecule has 0 saturated heterocycles. The number of rotatable bonds is 5. The van der Waals surface area contributed by atoms with Crippen LogP contribution < -0.4 is 10.6 Å². The van der Waals surface area contributed by atoms with E-state index in [0.29, 0.717) is 12.6 Å². The van der Waals surface area contributed by atoms with Crippen LogP contribution in [0.2, 0.25) is 0 Å². The molecule has 0 unspecified atom stereocenters. The molecule has 18 heavy (non-hydrogen) atoms. The van der Waals surface area contributed by atoms with Gasteiger partial charge in [0.1, 0.15) is 0 Å². The Balaban J connectivity index is 1.89. The van der Waals surface area contributed by atoms with Crippen molar-refractivity contribution < 1.29 is 0 Å². The van der Waals surface area contributed by atoms with Crippen LogP contribution >= 0.6 is 11.3 Å². The van der Waals surface area contributed by atoms with Gasteiger partial charge in [0.05, 0.1) is 12.2 Å². The van der Waals surface area contributed by atoms with E-state index in [-0.39, 0.29) is 0 Å². The molecule has 94 valence electrons. The Hall–Kier alpha value is -1.46. The van der Waals surface area contributed by atoms with Crippen LogP contribution in [-0.2, 0) is 13.1 Å². The van der Waals surface area contributed by atoms with E-state index in [2.05, 4.69) is 32.4 Å². The van der Waals surface area contributed by atoms with Gasteiger partial charge in [0.15, 0.2) is 5.82 Å². The predicted molar refractivity (Wildman–Crippen MR) is 73.4 cm³/mol. The lowest BCUT2D eigenvalue weighted by molar-refractivity contribution is 0.766. The monoisotopic (exact) mass is 260 g/mol. The maximum Gasteiger partial charge on any atom is 0.152 e. The highest BCUT2D eigenvalue weighted by Crippen LogP contribution is 2.33. The molecule has 3 rings (SSSR count). The number of anilines is 1. The van der Waals surface area contributed by atoms with Crippen molar-refractivity contribution in [2.45, 2.75) is 32.0 Å². The molecule has 2 N–H and O–H groups in total. The van der Waals surface area contributed by atoms with Crippen LogP contribution in [0.4, 0.5) is 5.82 Å². The van der Waals surface area contributed by atoms with E-state index in [0.717, 1.165) is 18.1 Å². The maximum absolute atomic E-state index is 5.76. The van der Waals surface area contributed by atoms with Crippen molar-refractivity contribution in [3.8, 4) is 0 Å². The Labute approximate surface area is 110 Å². The number of thiophene rings is 1. The quantitative estimate of drug-likeness (QED) is 0.895. The normalized spacial score (nSPS) is 14.7. The van der Waals surface area contributed by atoms with Gasteiger partial charge in [-0.3, -0.25) is 4.98 Å². The smallest absolute Gasteiger partial charge is 0.152 e. The lowest BCUT2D eigenvalue weighted by Crippen LogP contribution is -2.27. The minimum absolute atomic E-state index is 0.441. The molecule has 0 bridgehead atoms. The van der Waals surface area contributed by atoms with Crippen LogP contribution in [0.1, 0.15) is 23.4 Å². The fourth-order valence-electron chi connectivity index (χ4n) is 2.08. The fraction of sp³-hybridized carbons (Fsp3) is 0.385. The summed E-state index contributed by atoms with van der Waals surface area (Å²) >= 11 is 1.78. The summed E-state index contributed by atoms with van der Waals surface area (Å²) in [6.07, 6.45) is 5.94. The van der Waals surface area contributed by atoms with Gasteiger partial charge in [-0.25, -0.2) is 4.98 Å². The van der Waals surface area contributed by atoms with Crippen LogP contribution in [0.5, 0.6) is 0 Å². The second-order valence-electron chi connectivity index (χ2n) is 4.47. The van der Waals surface area contributed by atoms with E-state index in [1.165, 1.54) is 17.7 Å². The van der Waals surface area contributed by atoms with Gasteiger partial charge in [-0.2, -0.15) is 0 Å². The number of aromatic nitrogens is 2. The van der Waals surface area contributed by atoms with Crippen molar-refractivity contribution in [3.63, 3.8) is 0 Å². The lowest BCUT2D eigenvalue weighted by Gasteiger charge is -2.24. The minimum Gasteiger partial charge on any atom is -0.347 e. The minimum atomic E-state index is 0.441. The molecule has 0 aromatic carbocycles. The van der Waals surface area contributed by atoms with E-state index in [1.807, 2.05) is 0 Å². The highest BCUT2D eigenvalue weighted by Gasteiger charge is 2.31. The van der Waals surface area contributed by atoms with Gasteiger partial charge >= 0.3 is 0 Å². The van der Waals surface area contributed by atoms with Gasteiger partial charge in [0.25, 0.3) is 0 Å². The summed E-state index contributed by atoms with van der Waals surface area (Å²) in [5.74, 6) is 0.955. The average molecular weight is 260 g/mol. The summed E-state index contributed by atoms with van der Waals surface area (Å²) in [6.45, 7) is 1.35. The Morgan fingerprint density at radius 2 is 2.17 bits per heavy atom. The molecule has 2 aromatic rings. The first-order valence-electron chi connectivity index (χ1n) is 6.17. The summed E-state index contributed by atoms with van der Waals surface area (Å²) in [4.78, 5) is 12.5. The Kier molecular flexibility index (Phi) is 3.25. The summed E-state index contributed by atoms with van der Waals surface area (Å²) in [6, 6.07) is 4.86. The van der Waals surface area contributed by atoms with E-state index in [4.69, 9.17) is 5.73 Å². The topological polar surface area (TPSA) is 55.0 Å². The molecular formula is C13H16N4S. The Morgan fingerprint density at radius 3 is 2.83 bits per heavy atom. The van der Waals surface area contributed by atoms with Gasteiger partial charge in [0, 0.05) is 29.9 Å². The van der Waals surface area contributed by atoms with Crippen molar-refractivity contribution >= 4 is 17.2 Å². The zero-order valence-electron chi connectivity index (χ0n) is 10.1. The van der Waals surface area contributed by atoms with Crippen molar-refractivity contribution in [2.24, 2.45) is 5.73 Å². The first kappa shape index (κ1) is 11.6. The highest BCUT2D eigenvalue weighted by atomic mass is 32.1. The average Bonchev–Trinajstić information content (AvgIpc) is 3.13. The third-order valence-corrected chi connectivity index (χ3v) is 3.97. The van der Waals surface area contributed by atoms with Crippen LogP contribution in [0, 0.1) is 0 Å². The molecule has 1 saturated carbocycles.